The zero-order chi connectivity index (χ0) is 16.9. The van der Waals surface area contributed by atoms with Crippen LogP contribution in [0.1, 0.15) is 0 Å². The van der Waals surface area contributed by atoms with Crippen LogP contribution in [0.2, 0.25) is 5.02 Å². The van der Waals surface area contributed by atoms with Gasteiger partial charge in [0.15, 0.2) is 0 Å². The monoisotopic (exact) mass is 345 g/mol. The SMILES string of the molecule is OC[C@@H](O)CNCCNc1c2ccccc2nc2cc(Cl)ccc12. The highest BCUT2D eigenvalue weighted by molar-refractivity contribution is 6.31. The van der Waals surface area contributed by atoms with Crippen molar-refractivity contribution in [3.63, 3.8) is 0 Å². The molecule has 0 aliphatic heterocycles. The van der Waals surface area contributed by atoms with E-state index in [-0.39, 0.29) is 6.61 Å². The Kier molecular flexibility index (Phi) is 5.48. The average Bonchev–Trinajstić information content (AvgIpc) is 2.60. The summed E-state index contributed by atoms with van der Waals surface area (Å²) in [5.74, 6) is 0. The van der Waals surface area contributed by atoms with E-state index in [9.17, 15) is 5.11 Å². The van der Waals surface area contributed by atoms with E-state index in [4.69, 9.17) is 16.7 Å². The lowest BCUT2D eigenvalue weighted by Gasteiger charge is -2.14. The van der Waals surface area contributed by atoms with E-state index in [1.807, 2.05) is 42.5 Å². The van der Waals surface area contributed by atoms with Crippen LogP contribution in [-0.4, -0.2) is 47.5 Å². The number of hydrogen-bond acceptors (Lipinski definition) is 5. The topological polar surface area (TPSA) is 77.4 Å². The van der Waals surface area contributed by atoms with E-state index in [0.29, 0.717) is 24.7 Å². The van der Waals surface area contributed by atoms with Crippen LogP contribution < -0.4 is 10.6 Å². The lowest BCUT2D eigenvalue weighted by atomic mass is 10.1. The molecule has 0 saturated heterocycles. The molecule has 24 heavy (non-hydrogen) atoms. The Morgan fingerprint density at radius 3 is 2.67 bits per heavy atom. The highest BCUT2D eigenvalue weighted by Crippen LogP contribution is 2.31. The molecular weight excluding hydrogens is 326 g/mol. The Morgan fingerprint density at radius 2 is 1.83 bits per heavy atom. The molecule has 3 rings (SSSR count). The molecule has 0 radical (unpaired) electrons. The standard InChI is InChI=1S/C18H20ClN3O2/c19-12-5-6-15-17(9-12)22-16-4-2-1-3-14(16)18(15)21-8-7-20-10-13(24)11-23/h1-6,9,13,20,23-24H,7-8,10-11H2,(H,21,22)/t13-/m0/s1. The van der Waals surface area contributed by atoms with E-state index in [1.165, 1.54) is 0 Å². The van der Waals surface area contributed by atoms with Gasteiger partial charge in [-0.3, -0.25) is 0 Å². The van der Waals surface area contributed by atoms with Crippen molar-refractivity contribution in [2.24, 2.45) is 0 Å². The van der Waals surface area contributed by atoms with Crippen molar-refractivity contribution >= 4 is 39.1 Å². The van der Waals surface area contributed by atoms with Gasteiger partial charge in [0.1, 0.15) is 0 Å². The lowest BCUT2D eigenvalue weighted by molar-refractivity contribution is 0.0949. The molecule has 3 aromatic rings. The molecule has 0 spiro atoms. The number of halogens is 1. The van der Waals surface area contributed by atoms with Gasteiger partial charge in [0.25, 0.3) is 0 Å². The van der Waals surface area contributed by atoms with Crippen molar-refractivity contribution in [2.45, 2.75) is 6.10 Å². The molecule has 1 aromatic heterocycles. The van der Waals surface area contributed by atoms with Gasteiger partial charge in [0, 0.05) is 35.4 Å². The number of aliphatic hydroxyl groups excluding tert-OH is 2. The Morgan fingerprint density at radius 1 is 1.04 bits per heavy atom. The third-order valence-electron chi connectivity index (χ3n) is 3.84. The molecule has 0 unspecified atom stereocenters. The second-order valence-electron chi connectivity index (χ2n) is 5.63. The number of aliphatic hydroxyl groups is 2. The van der Waals surface area contributed by atoms with Crippen molar-refractivity contribution in [1.29, 1.82) is 0 Å². The molecule has 0 saturated carbocycles. The molecule has 4 N–H and O–H groups in total. The van der Waals surface area contributed by atoms with Gasteiger partial charge in [-0.25, -0.2) is 4.98 Å². The van der Waals surface area contributed by atoms with Crippen LogP contribution in [0.4, 0.5) is 5.69 Å². The number of hydrogen-bond donors (Lipinski definition) is 4. The number of anilines is 1. The lowest BCUT2D eigenvalue weighted by Crippen LogP contribution is -2.32. The molecule has 2 aromatic carbocycles. The predicted octanol–water partition coefficient (Wildman–Crippen LogP) is 2.40. The van der Waals surface area contributed by atoms with E-state index in [0.717, 1.165) is 27.5 Å². The summed E-state index contributed by atoms with van der Waals surface area (Å²) in [5, 5.41) is 27.4. The van der Waals surface area contributed by atoms with Crippen LogP contribution in [0.15, 0.2) is 42.5 Å². The van der Waals surface area contributed by atoms with Crippen LogP contribution in [0, 0.1) is 0 Å². The van der Waals surface area contributed by atoms with Gasteiger partial charge in [0.2, 0.25) is 0 Å². The van der Waals surface area contributed by atoms with Crippen molar-refractivity contribution in [3.05, 3.63) is 47.5 Å². The summed E-state index contributed by atoms with van der Waals surface area (Å²) in [6.07, 6.45) is -0.727. The fourth-order valence-electron chi connectivity index (χ4n) is 2.67. The highest BCUT2D eigenvalue weighted by Gasteiger charge is 2.09. The Hall–Kier alpha value is -1.92. The predicted molar refractivity (Wildman–Crippen MR) is 98.7 cm³/mol. The number of nitrogens with one attached hydrogen (secondary N) is 2. The molecule has 6 heteroatoms. The van der Waals surface area contributed by atoms with Crippen LogP contribution >= 0.6 is 11.6 Å². The first-order valence-corrected chi connectivity index (χ1v) is 8.28. The smallest absolute Gasteiger partial charge is 0.0894 e. The largest absolute Gasteiger partial charge is 0.394 e. The van der Waals surface area contributed by atoms with Gasteiger partial charge in [-0.05, 0) is 24.3 Å². The molecule has 1 atom stereocenters. The number of nitrogens with zero attached hydrogens (tertiary/aromatic N) is 1. The van der Waals surface area contributed by atoms with Crippen LogP contribution in [-0.2, 0) is 0 Å². The van der Waals surface area contributed by atoms with E-state index in [1.54, 1.807) is 0 Å². The number of pyridine rings is 1. The zero-order valence-corrected chi connectivity index (χ0v) is 13.9. The van der Waals surface area contributed by atoms with E-state index >= 15 is 0 Å². The normalized spacial score (nSPS) is 12.6. The minimum atomic E-state index is -0.727. The summed E-state index contributed by atoms with van der Waals surface area (Å²) in [5.41, 5.74) is 2.79. The van der Waals surface area contributed by atoms with Crippen molar-refractivity contribution in [1.82, 2.24) is 10.3 Å². The molecule has 126 valence electrons. The van der Waals surface area contributed by atoms with Gasteiger partial charge in [-0.1, -0.05) is 29.8 Å². The molecular formula is C18H20ClN3O2. The number of para-hydroxylation sites is 1. The second-order valence-corrected chi connectivity index (χ2v) is 6.07. The quantitative estimate of drug-likeness (QED) is 0.391. The van der Waals surface area contributed by atoms with Crippen molar-refractivity contribution < 1.29 is 10.2 Å². The molecule has 0 bridgehead atoms. The number of aromatic nitrogens is 1. The minimum absolute atomic E-state index is 0.235. The molecule has 1 heterocycles. The maximum absolute atomic E-state index is 9.33. The summed E-state index contributed by atoms with van der Waals surface area (Å²) in [4.78, 5) is 4.68. The summed E-state index contributed by atoms with van der Waals surface area (Å²) in [7, 11) is 0. The molecule has 5 nitrogen and oxygen atoms in total. The fourth-order valence-corrected chi connectivity index (χ4v) is 2.83. The van der Waals surface area contributed by atoms with E-state index in [2.05, 4.69) is 15.6 Å². The minimum Gasteiger partial charge on any atom is -0.394 e. The summed E-state index contributed by atoms with van der Waals surface area (Å²) in [6.45, 7) is 1.49. The third kappa shape index (κ3) is 3.76. The van der Waals surface area contributed by atoms with Gasteiger partial charge in [-0.2, -0.15) is 0 Å². The van der Waals surface area contributed by atoms with Crippen molar-refractivity contribution in [2.75, 3.05) is 31.6 Å². The Labute approximate surface area is 145 Å². The van der Waals surface area contributed by atoms with Gasteiger partial charge >= 0.3 is 0 Å². The van der Waals surface area contributed by atoms with Gasteiger partial charge < -0.3 is 20.8 Å². The number of benzene rings is 2. The maximum Gasteiger partial charge on any atom is 0.0894 e. The summed E-state index contributed by atoms with van der Waals surface area (Å²) in [6, 6.07) is 13.7. The van der Waals surface area contributed by atoms with Crippen LogP contribution in [0.3, 0.4) is 0 Å². The van der Waals surface area contributed by atoms with Crippen LogP contribution in [0.5, 0.6) is 0 Å². The Balaban J connectivity index is 1.84. The van der Waals surface area contributed by atoms with Crippen LogP contribution in [0.25, 0.3) is 21.8 Å². The molecule has 0 aliphatic rings. The number of rotatable bonds is 7. The first kappa shape index (κ1) is 16.9. The van der Waals surface area contributed by atoms with E-state index < -0.39 is 6.10 Å². The first-order valence-electron chi connectivity index (χ1n) is 7.90. The zero-order valence-electron chi connectivity index (χ0n) is 13.2. The third-order valence-corrected chi connectivity index (χ3v) is 4.07. The fraction of sp³-hybridized carbons (Fsp3) is 0.278. The summed E-state index contributed by atoms with van der Waals surface area (Å²) >= 11 is 6.10. The van der Waals surface area contributed by atoms with Gasteiger partial charge in [-0.15, -0.1) is 0 Å². The molecule has 0 aliphatic carbocycles. The Bertz CT molecular complexity index is 841. The molecule has 0 fully saturated rings. The summed E-state index contributed by atoms with van der Waals surface area (Å²) < 4.78 is 0. The van der Waals surface area contributed by atoms with Crippen molar-refractivity contribution in [3.8, 4) is 0 Å². The number of fused-ring (bicyclic) bond motifs is 2. The first-order chi connectivity index (χ1) is 11.7. The maximum atomic E-state index is 9.33. The second kappa shape index (κ2) is 7.77. The highest BCUT2D eigenvalue weighted by atomic mass is 35.5. The molecule has 0 amide bonds. The average molecular weight is 346 g/mol. The van der Waals surface area contributed by atoms with Gasteiger partial charge in [0.05, 0.1) is 29.4 Å².